The van der Waals surface area contributed by atoms with Crippen molar-refractivity contribution < 1.29 is 9.59 Å². The first kappa shape index (κ1) is 20.1. The second kappa shape index (κ2) is 8.47. The van der Waals surface area contributed by atoms with Gasteiger partial charge >= 0.3 is 0 Å². The Hall–Kier alpha value is -1.18. The van der Waals surface area contributed by atoms with E-state index in [0.717, 1.165) is 43.9 Å². The molecule has 4 aliphatic carbocycles. The summed E-state index contributed by atoms with van der Waals surface area (Å²) in [6.07, 6.45) is 12.6. The SMILES string of the molecule is C=C.CC.C[C@]12CCC3C(CC[C@H]4C=CC(=O)CC[C@H]34)C1CCC2=O. The van der Waals surface area contributed by atoms with E-state index in [4.69, 9.17) is 0 Å². The Labute approximate surface area is 154 Å². The van der Waals surface area contributed by atoms with Crippen LogP contribution in [0.25, 0.3) is 0 Å². The Kier molecular flexibility index (Phi) is 6.82. The van der Waals surface area contributed by atoms with Gasteiger partial charge in [0.1, 0.15) is 5.78 Å². The lowest BCUT2D eigenvalue weighted by Crippen LogP contribution is -2.47. The normalized spacial score (nSPS) is 41.8. The van der Waals surface area contributed by atoms with Crippen molar-refractivity contribution in [3.05, 3.63) is 25.3 Å². The molecule has 0 aliphatic heterocycles. The third-order valence-corrected chi connectivity index (χ3v) is 7.39. The topological polar surface area (TPSA) is 34.1 Å². The van der Waals surface area contributed by atoms with Gasteiger partial charge in [0, 0.05) is 18.3 Å². The number of fused-ring (bicyclic) bond motifs is 5. The molecule has 140 valence electrons. The third kappa shape index (κ3) is 3.55. The maximum absolute atomic E-state index is 12.3. The molecule has 25 heavy (non-hydrogen) atoms. The van der Waals surface area contributed by atoms with Crippen LogP contribution in [0.3, 0.4) is 0 Å². The molecule has 3 saturated carbocycles. The van der Waals surface area contributed by atoms with Crippen molar-refractivity contribution in [1.29, 1.82) is 0 Å². The number of hydrogen-bond acceptors (Lipinski definition) is 2. The Morgan fingerprint density at radius 1 is 0.920 bits per heavy atom. The average molecular weight is 345 g/mol. The predicted molar refractivity (Wildman–Crippen MR) is 104 cm³/mol. The minimum atomic E-state index is -0.00953. The fraction of sp³-hybridized carbons (Fsp3) is 0.739. The largest absolute Gasteiger partial charge is 0.299 e. The van der Waals surface area contributed by atoms with Crippen LogP contribution in [0.5, 0.6) is 0 Å². The maximum atomic E-state index is 12.3. The lowest BCUT2D eigenvalue weighted by molar-refractivity contribution is -0.132. The summed E-state index contributed by atoms with van der Waals surface area (Å²) in [5.41, 5.74) is -0.00953. The fourth-order valence-corrected chi connectivity index (χ4v) is 6.24. The Morgan fingerprint density at radius 3 is 2.36 bits per heavy atom. The molecular weight excluding hydrogens is 308 g/mol. The molecule has 4 aliphatic rings. The van der Waals surface area contributed by atoms with Crippen molar-refractivity contribution in [3.8, 4) is 0 Å². The van der Waals surface area contributed by atoms with Crippen LogP contribution in [0.15, 0.2) is 25.3 Å². The van der Waals surface area contributed by atoms with Crippen molar-refractivity contribution in [2.45, 2.75) is 72.1 Å². The summed E-state index contributed by atoms with van der Waals surface area (Å²) in [7, 11) is 0. The van der Waals surface area contributed by atoms with Gasteiger partial charge in [-0.25, -0.2) is 0 Å². The zero-order valence-corrected chi connectivity index (χ0v) is 16.4. The van der Waals surface area contributed by atoms with Crippen LogP contribution in [0.4, 0.5) is 0 Å². The molecule has 0 heterocycles. The van der Waals surface area contributed by atoms with Crippen LogP contribution < -0.4 is 0 Å². The molecule has 3 unspecified atom stereocenters. The van der Waals surface area contributed by atoms with Gasteiger partial charge in [0.15, 0.2) is 5.78 Å². The maximum Gasteiger partial charge on any atom is 0.155 e. The predicted octanol–water partition coefficient (Wildman–Crippen LogP) is 5.77. The van der Waals surface area contributed by atoms with E-state index in [1.54, 1.807) is 0 Å². The number of ketones is 2. The quantitative estimate of drug-likeness (QED) is 0.523. The van der Waals surface area contributed by atoms with E-state index in [9.17, 15) is 9.59 Å². The second-order valence-corrected chi connectivity index (χ2v) is 8.12. The van der Waals surface area contributed by atoms with E-state index in [-0.39, 0.29) is 5.41 Å². The van der Waals surface area contributed by atoms with Gasteiger partial charge in [0.25, 0.3) is 0 Å². The smallest absolute Gasteiger partial charge is 0.155 e. The zero-order chi connectivity index (χ0) is 18.6. The molecule has 0 aromatic rings. The molecule has 0 bridgehead atoms. The molecule has 0 N–H and O–H groups in total. The molecule has 0 saturated heterocycles. The van der Waals surface area contributed by atoms with Crippen molar-refractivity contribution in [3.63, 3.8) is 0 Å². The van der Waals surface area contributed by atoms with Crippen LogP contribution in [0.1, 0.15) is 72.1 Å². The molecule has 2 heteroatoms. The number of hydrogen-bond donors (Lipinski definition) is 0. The zero-order valence-electron chi connectivity index (χ0n) is 16.4. The molecule has 0 amide bonds. The summed E-state index contributed by atoms with van der Waals surface area (Å²) < 4.78 is 0. The van der Waals surface area contributed by atoms with E-state index in [0.29, 0.717) is 29.3 Å². The number of allylic oxidation sites excluding steroid dienone is 2. The Morgan fingerprint density at radius 2 is 1.64 bits per heavy atom. The molecule has 0 spiro atoms. The summed E-state index contributed by atoms with van der Waals surface area (Å²) in [6, 6.07) is 0. The molecule has 6 atom stereocenters. The van der Waals surface area contributed by atoms with Crippen LogP contribution in [-0.4, -0.2) is 11.6 Å². The summed E-state index contributed by atoms with van der Waals surface area (Å²) in [4.78, 5) is 24.1. The molecule has 0 aromatic carbocycles. The van der Waals surface area contributed by atoms with E-state index in [2.05, 4.69) is 26.2 Å². The van der Waals surface area contributed by atoms with Gasteiger partial charge in [0.05, 0.1) is 0 Å². The lowest BCUT2D eigenvalue weighted by Gasteiger charge is -2.52. The molecule has 2 nitrogen and oxygen atoms in total. The van der Waals surface area contributed by atoms with Crippen LogP contribution in [0, 0.1) is 35.0 Å². The van der Waals surface area contributed by atoms with E-state index < -0.39 is 0 Å². The molecule has 0 aromatic heterocycles. The summed E-state index contributed by atoms with van der Waals surface area (Å²) >= 11 is 0. The first-order valence-electron chi connectivity index (χ1n) is 10.3. The number of Topliss-reactive ketones (excluding diaryl/α,β-unsaturated/α-hetero) is 1. The highest BCUT2D eigenvalue weighted by Crippen LogP contribution is 2.60. The highest BCUT2D eigenvalue weighted by atomic mass is 16.1. The summed E-state index contributed by atoms with van der Waals surface area (Å²) in [6.45, 7) is 12.2. The van der Waals surface area contributed by atoms with Gasteiger partial charge in [-0.1, -0.05) is 26.8 Å². The van der Waals surface area contributed by atoms with Crippen molar-refractivity contribution in [2.24, 2.45) is 35.0 Å². The summed E-state index contributed by atoms with van der Waals surface area (Å²) in [5, 5.41) is 0. The van der Waals surface area contributed by atoms with Crippen LogP contribution in [0.2, 0.25) is 0 Å². The monoisotopic (exact) mass is 344 g/mol. The third-order valence-electron chi connectivity index (χ3n) is 7.39. The highest BCUT2D eigenvalue weighted by Gasteiger charge is 2.56. The number of carbonyl (C=O) groups is 2. The van der Waals surface area contributed by atoms with Gasteiger partial charge in [-0.15, -0.1) is 13.2 Å². The molecule has 3 fully saturated rings. The highest BCUT2D eigenvalue weighted by molar-refractivity contribution is 5.90. The van der Waals surface area contributed by atoms with E-state index in [1.165, 1.54) is 19.3 Å². The molecule has 4 rings (SSSR count). The minimum absolute atomic E-state index is 0.00953. The molecular formula is C23H36O2. The van der Waals surface area contributed by atoms with Crippen molar-refractivity contribution >= 4 is 11.6 Å². The number of rotatable bonds is 0. The van der Waals surface area contributed by atoms with Crippen molar-refractivity contribution in [1.82, 2.24) is 0 Å². The summed E-state index contributed by atoms with van der Waals surface area (Å²) in [5.74, 6) is 4.32. The van der Waals surface area contributed by atoms with Gasteiger partial charge < -0.3 is 0 Å². The first-order chi connectivity index (χ1) is 12.1. The first-order valence-corrected chi connectivity index (χ1v) is 10.3. The number of carbonyl (C=O) groups excluding carboxylic acids is 2. The van der Waals surface area contributed by atoms with E-state index in [1.807, 2.05) is 19.9 Å². The lowest BCUT2D eigenvalue weighted by atomic mass is 9.52. The van der Waals surface area contributed by atoms with Gasteiger partial charge in [-0.3, -0.25) is 9.59 Å². The van der Waals surface area contributed by atoms with E-state index >= 15 is 0 Å². The van der Waals surface area contributed by atoms with Crippen molar-refractivity contribution in [2.75, 3.05) is 0 Å². The average Bonchev–Trinajstić information content (AvgIpc) is 2.83. The van der Waals surface area contributed by atoms with Gasteiger partial charge in [0.2, 0.25) is 0 Å². The molecule has 0 radical (unpaired) electrons. The van der Waals surface area contributed by atoms with Crippen LogP contribution in [-0.2, 0) is 9.59 Å². The minimum Gasteiger partial charge on any atom is -0.299 e. The fourth-order valence-electron chi connectivity index (χ4n) is 6.24. The van der Waals surface area contributed by atoms with Gasteiger partial charge in [-0.05, 0) is 74.2 Å². The Bertz CT molecular complexity index is 520. The Balaban J connectivity index is 0.000000528. The van der Waals surface area contributed by atoms with Gasteiger partial charge in [-0.2, -0.15) is 0 Å². The second-order valence-electron chi connectivity index (χ2n) is 8.12. The standard InChI is InChI=1S/C19H26O2.C2H6.C2H4/c1-19-11-10-15-14-7-5-13(20)4-2-12(14)3-6-16(15)17(19)8-9-18(19)21;2*1-2/h2,4,12,14-17H,3,5-11H2,1H3;1-2H3;1-2H2/t12-,14+,15?,16?,17?,19+;;/m1../s1. The van der Waals surface area contributed by atoms with Crippen LogP contribution >= 0.6 is 0 Å².